The summed E-state index contributed by atoms with van der Waals surface area (Å²) >= 11 is 1.52. The summed E-state index contributed by atoms with van der Waals surface area (Å²) in [5.41, 5.74) is 2.64. The molecular weight excluding hydrogens is 320 g/mol. The minimum absolute atomic E-state index is 0.188. The first-order valence-electron chi connectivity index (χ1n) is 8.66. The van der Waals surface area contributed by atoms with Crippen molar-refractivity contribution in [2.75, 3.05) is 12.3 Å². The summed E-state index contributed by atoms with van der Waals surface area (Å²) in [7, 11) is 0. The molecule has 2 aliphatic rings. The van der Waals surface area contributed by atoms with Crippen LogP contribution in [0.1, 0.15) is 42.6 Å². The maximum absolute atomic E-state index is 12.6. The monoisotopic (exact) mass is 342 g/mol. The fourth-order valence-electron chi connectivity index (χ4n) is 3.27. The van der Waals surface area contributed by atoms with E-state index in [1.807, 2.05) is 11.0 Å². The van der Waals surface area contributed by atoms with Gasteiger partial charge >= 0.3 is 0 Å². The van der Waals surface area contributed by atoms with Gasteiger partial charge in [-0.2, -0.15) is 0 Å². The van der Waals surface area contributed by atoms with E-state index in [0.29, 0.717) is 11.7 Å². The zero-order valence-electron chi connectivity index (χ0n) is 13.9. The van der Waals surface area contributed by atoms with E-state index in [0.717, 1.165) is 37.0 Å². The number of hydrogen-bond donors (Lipinski definition) is 0. The van der Waals surface area contributed by atoms with Crippen molar-refractivity contribution >= 4 is 17.7 Å². The number of aromatic nitrogens is 3. The van der Waals surface area contributed by atoms with Crippen molar-refractivity contribution < 1.29 is 4.79 Å². The van der Waals surface area contributed by atoms with Crippen LogP contribution in [-0.4, -0.2) is 37.9 Å². The van der Waals surface area contributed by atoms with Crippen LogP contribution < -0.4 is 0 Å². The van der Waals surface area contributed by atoms with Crippen LogP contribution in [0.3, 0.4) is 0 Å². The second-order valence-electron chi connectivity index (χ2n) is 6.48. The van der Waals surface area contributed by atoms with E-state index < -0.39 is 0 Å². The number of rotatable bonds is 5. The van der Waals surface area contributed by atoms with Crippen LogP contribution in [0.2, 0.25) is 0 Å². The van der Waals surface area contributed by atoms with Gasteiger partial charge in [0, 0.05) is 25.6 Å². The lowest BCUT2D eigenvalue weighted by atomic mass is 10.00. The van der Waals surface area contributed by atoms with Crippen molar-refractivity contribution in [2.45, 2.75) is 50.4 Å². The van der Waals surface area contributed by atoms with E-state index in [1.165, 1.54) is 35.7 Å². The lowest BCUT2D eigenvalue weighted by molar-refractivity contribution is -0.129. The number of carbonyl (C=O) groups is 1. The molecule has 5 nitrogen and oxygen atoms in total. The number of benzene rings is 1. The van der Waals surface area contributed by atoms with E-state index in [-0.39, 0.29) is 5.91 Å². The van der Waals surface area contributed by atoms with Gasteiger partial charge in [0.25, 0.3) is 0 Å². The van der Waals surface area contributed by atoms with E-state index in [4.69, 9.17) is 0 Å². The molecule has 24 heavy (non-hydrogen) atoms. The first-order valence-corrected chi connectivity index (χ1v) is 9.65. The summed E-state index contributed by atoms with van der Waals surface area (Å²) in [5.74, 6) is 2.30. The highest BCUT2D eigenvalue weighted by atomic mass is 32.2. The van der Waals surface area contributed by atoms with Crippen molar-refractivity contribution in [1.82, 2.24) is 19.7 Å². The van der Waals surface area contributed by atoms with Crippen LogP contribution in [0.15, 0.2) is 29.4 Å². The zero-order chi connectivity index (χ0) is 16.5. The molecular formula is C18H22N4OS. The Hall–Kier alpha value is -1.82. The predicted molar refractivity (Wildman–Crippen MR) is 94.0 cm³/mol. The Morgan fingerprint density at radius 1 is 1.25 bits per heavy atom. The van der Waals surface area contributed by atoms with Crippen LogP contribution in [0.5, 0.6) is 0 Å². The van der Waals surface area contributed by atoms with E-state index in [2.05, 4.69) is 39.9 Å². The highest BCUT2D eigenvalue weighted by Crippen LogP contribution is 2.40. The molecule has 0 spiro atoms. The third kappa shape index (κ3) is 3.07. The zero-order valence-corrected chi connectivity index (χ0v) is 14.8. The Labute approximate surface area is 146 Å². The van der Waals surface area contributed by atoms with Crippen LogP contribution in [0, 0.1) is 0 Å². The largest absolute Gasteiger partial charge is 0.337 e. The minimum atomic E-state index is 0.188. The van der Waals surface area contributed by atoms with Gasteiger partial charge in [-0.25, -0.2) is 0 Å². The highest BCUT2D eigenvalue weighted by Gasteiger charge is 2.30. The van der Waals surface area contributed by atoms with Gasteiger partial charge in [-0.05, 0) is 37.3 Å². The first kappa shape index (κ1) is 15.7. The van der Waals surface area contributed by atoms with Gasteiger partial charge in [0.1, 0.15) is 5.82 Å². The summed E-state index contributed by atoms with van der Waals surface area (Å²) in [4.78, 5) is 14.5. The SMILES string of the molecule is CCn1c(SCC(=O)N2CCc3ccccc3C2)nnc1C1CC1. The van der Waals surface area contributed by atoms with Gasteiger partial charge in [-0.3, -0.25) is 4.79 Å². The first-order chi connectivity index (χ1) is 11.8. The van der Waals surface area contributed by atoms with Crippen molar-refractivity contribution in [3.8, 4) is 0 Å². The summed E-state index contributed by atoms with van der Waals surface area (Å²) in [6, 6.07) is 8.40. The molecule has 0 bridgehead atoms. The molecule has 1 aliphatic carbocycles. The van der Waals surface area contributed by atoms with Crippen molar-refractivity contribution in [3.63, 3.8) is 0 Å². The topological polar surface area (TPSA) is 51.0 Å². The third-order valence-corrected chi connectivity index (χ3v) is 5.76. The summed E-state index contributed by atoms with van der Waals surface area (Å²) in [6.45, 7) is 4.52. The van der Waals surface area contributed by atoms with Crippen LogP contribution in [0.4, 0.5) is 0 Å². The highest BCUT2D eigenvalue weighted by molar-refractivity contribution is 7.99. The molecule has 0 atom stereocenters. The molecule has 6 heteroatoms. The molecule has 1 fully saturated rings. The van der Waals surface area contributed by atoms with Gasteiger partial charge < -0.3 is 9.47 Å². The molecule has 0 saturated heterocycles. The molecule has 0 N–H and O–H groups in total. The van der Waals surface area contributed by atoms with Crippen molar-refractivity contribution in [2.24, 2.45) is 0 Å². The molecule has 1 amide bonds. The second-order valence-corrected chi connectivity index (χ2v) is 7.42. The Balaban J connectivity index is 1.39. The van der Waals surface area contributed by atoms with Gasteiger partial charge in [-0.15, -0.1) is 10.2 Å². The maximum atomic E-state index is 12.6. The normalized spacial score (nSPS) is 17.0. The Morgan fingerprint density at radius 3 is 2.79 bits per heavy atom. The molecule has 2 heterocycles. The lowest BCUT2D eigenvalue weighted by Gasteiger charge is -2.28. The van der Waals surface area contributed by atoms with E-state index in [9.17, 15) is 4.79 Å². The molecule has 0 unspecified atom stereocenters. The maximum Gasteiger partial charge on any atom is 0.233 e. The number of hydrogen-bond acceptors (Lipinski definition) is 4. The number of carbonyl (C=O) groups excluding carboxylic acids is 1. The molecule has 2 aromatic rings. The summed E-state index contributed by atoms with van der Waals surface area (Å²) in [6.07, 6.45) is 3.38. The number of amides is 1. The lowest BCUT2D eigenvalue weighted by Crippen LogP contribution is -2.37. The number of thioether (sulfide) groups is 1. The minimum Gasteiger partial charge on any atom is -0.337 e. The standard InChI is InChI=1S/C18H22N4OS/c1-2-22-17(14-7-8-14)19-20-18(22)24-12-16(23)21-10-9-13-5-3-4-6-15(13)11-21/h3-6,14H,2,7-12H2,1H3. The summed E-state index contributed by atoms with van der Waals surface area (Å²) in [5, 5.41) is 9.52. The van der Waals surface area contributed by atoms with Crippen LogP contribution in [-0.2, 0) is 24.3 Å². The quantitative estimate of drug-likeness (QED) is 0.784. The van der Waals surface area contributed by atoms with Gasteiger partial charge in [0.05, 0.1) is 5.75 Å². The molecule has 126 valence electrons. The molecule has 1 saturated carbocycles. The van der Waals surface area contributed by atoms with Crippen LogP contribution >= 0.6 is 11.8 Å². The molecule has 0 radical (unpaired) electrons. The molecule has 4 rings (SSSR count). The van der Waals surface area contributed by atoms with Gasteiger partial charge in [0.15, 0.2) is 5.16 Å². The molecule has 1 aromatic heterocycles. The average molecular weight is 342 g/mol. The Bertz CT molecular complexity index is 753. The van der Waals surface area contributed by atoms with Gasteiger partial charge in [0.2, 0.25) is 5.91 Å². The summed E-state index contributed by atoms with van der Waals surface area (Å²) < 4.78 is 2.17. The van der Waals surface area contributed by atoms with Crippen molar-refractivity contribution in [1.29, 1.82) is 0 Å². The third-order valence-electron chi connectivity index (χ3n) is 4.81. The smallest absolute Gasteiger partial charge is 0.233 e. The average Bonchev–Trinajstić information content (AvgIpc) is 3.39. The Kier molecular flexibility index (Phi) is 4.31. The molecule has 1 aliphatic heterocycles. The van der Waals surface area contributed by atoms with Gasteiger partial charge in [-0.1, -0.05) is 36.0 Å². The van der Waals surface area contributed by atoms with Crippen LogP contribution in [0.25, 0.3) is 0 Å². The fraction of sp³-hybridized carbons (Fsp3) is 0.500. The van der Waals surface area contributed by atoms with E-state index in [1.54, 1.807) is 0 Å². The second kappa shape index (κ2) is 6.59. The van der Waals surface area contributed by atoms with E-state index >= 15 is 0 Å². The fourth-order valence-corrected chi connectivity index (χ4v) is 4.19. The Morgan fingerprint density at radius 2 is 2.04 bits per heavy atom. The number of nitrogens with zero attached hydrogens (tertiary/aromatic N) is 4. The molecule has 1 aromatic carbocycles. The van der Waals surface area contributed by atoms with Crippen molar-refractivity contribution in [3.05, 3.63) is 41.2 Å². The predicted octanol–water partition coefficient (Wildman–Crippen LogP) is 2.85. The number of fused-ring (bicyclic) bond motifs is 1.